The number of aliphatic hydroxyl groups excluding tert-OH is 1. The van der Waals surface area contributed by atoms with Gasteiger partial charge in [-0.3, -0.25) is 0 Å². The van der Waals surface area contributed by atoms with Gasteiger partial charge in [0.05, 0.1) is 37.3 Å². The lowest BCUT2D eigenvalue weighted by Gasteiger charge is -2.10. The Morgan fingerprint density at radius 2 is 2.04 bits per heavy atom. The number of pyridine rings is 1. The maximum Gasteiger partial charge on any atom is 0.173 e. The molecule has 138 valence electrons. The molecule has 9 heteroatoms. The van der Waals surface area contributed by atoms with Crippen molar-refractivity contribution in [3.8, 4) is 11.1 Å². The summed E-state index contributed by atoms with van der Waals surface area (Å²) < 4.78 is 16.6. The van der Waals surface area contributed by atoms with Crippen LogP contribution < -0.4 is 4.72 Å². The van der Waals surface area contributed by atoms with E-state index in [-0.39, 0.29) is 13.2 Å². The molecule has 0 saturated heterocycles. The number of aromatic nitrogens is 5. The molecule has 3 aromatic heterocycles. The SMILES string of the molecule is [O-][S@@+](NCCO)c1ccc(-c2ccnc3[nH]c(Cn4ccnn4)cc23)cc1. The number of benzene rings is 1. The highest BCUT2D eigenvalue weighted by Gasteiger charge is 2.13. The third-order valence-corrected chi connectivity index (χ3v) is 5.28. The highest BCUT2D eigenvalue weighted by atomic mass is 32.2. The minimum absolute atomic E-state index is 0.0523. The van der Waals surface area contributed by atoms with Gasteiger partial charge in [0.25, 0.3) is 0 Å². The van der Waals surface area contributed by atoms with Gasteiger partial charge in [0, 0.05) is 23.5 Å². The molecule has 0 aliphatic heterocycles. The predicted octanol–water partition coefficient (Wildman–Crippen LogP) is 1.47. The second kappa shape index (κ2) is 7.89. The van der Waals surface area contributed by atoms with Crippen LogP contribution in [0.4, 0.5) is 0 Å². The molecule has 4 aromatic rings. The third-order valence-electron chi connectivity index (χ3n) is 4.12. The van der Waals surface area contributed by atoms with Crippen molar-refractivity contribution in [3.05, 3.63) is 60.7 Å². The minimum Gasteiger partial charge on any atom is -0.593 e. The van der Waals surface area contributed by atoms with Gasteiger partial charge in [-0.1, -0.05) is 5.21 Å². The number of hydrogen-bond donors (Lipinski definition) is 3. The van der Waals surface area contributed by atoms with Crippen LogP contribution in [0, 0.1) is 0 Å². The summed E-state index contributed by atoms with van der Waals surface area (Å²) in [6.45, 7) is 0.824. The first kappa shape index (κ1) is 17.7. The summed E-state index contributed by atoms with van der Waals surface area (Å²) in [6.07, 6.45) is 5.22. The van der Waals surface area contributed by atoms with Gasteiger partial charge in [0.2, 0.25) is 0 Å². The molecule has 0 amide bonds. The van der Waals surface area contributed by atoms with E-state index in [9.17, 15) is 4.55 Å². The Hall–Kier alpha value is -2.72. The fraction of sp³-hybridized carbons (Fsp3) is 0.167. The lowest BCUT2D eigenvalue weighted by Crippen LogP contribution is -2.26. The van der Waals surface area contributed by atoms with Gasteiger partial charge in [-0.15, -0.1) is 9.82 Å². The van der Waals surface area contributed by atoms with Crippen LogP contribution in [0.2, 0.25) is 0 Å². The smallest absolute Gasteiger partial charge is 0.173 e. The zero-order valence-corrected chi connectivity index (χ0v) is 15.2. The van der Waals surface area contributed by atoms with Crippen molar-refractivity contribution in [1.82, 2.24) is 29.7 Å². The van der Waals surface area contributed by atoms with Crippen molar-refractivity contribution in [1.29, 1.82) is 0 Å². The maximum absolute atomic E-state index is 12.1. The fourth-order valence-electron chi connectivity index (χ4n) is 2.89. The zero-order chi connectivity index (χ0) is 18.6. The van der Waals surface area contributed by atoms with E-state index in [4.69, 9.17) is 5.11 Å². The molecule has 1 atom stereocenters. The van der Waals surface area contributed by atoms with Gasteiger partial charge in [-0.05, 0) is 47.5 Å². The van der Waals surface area contributed by atoms with Gasteiger partial charge in [-0.2, -0.15) is 0 Å². The molecular weight excluding hydrogens is 364 g/mol. The van der Waals surface area contributed by atoms with E-state index in [0.29, 0.717) is 11.4 Å². The number of aromatic amines is 1. The summed E-state index contributed by atoms with van der Waals surface area (Å²) in [6, 6.07) is 11.6. The van der Waals surface area contributed by atoms with E-state index < -0.39 is 11.4 Å². The molecule has 0 bridgehead atoms. The number of rotatable bonds is 7. The molecule has 0 radical (unpaired) electrons. The van der Waals surface area contributed by atoms with Crippen molar-refractivity contribution in [2.24, 2.45) is 0 Å². The Morgan fingerprint density at radius 3 is 2.78 bits per heavy atom. The van der Waals surface area contributed by atoms with Crippen molar-refractivity contribution in [2.45, 2.75) is 11.4 Å². The molecule has 0 spiro atoms. The van der Waals surface area contributed by atoms with Crippen molar-refractivity contribution < 1.29 is 9.66 Å². The van der Waals surface area contributed by atoms with Gasteiger partial charge >= 0.3 is 0 Å². The second-order valence-corrected chi connectivity index (χ2v) is 7.22. The summed E-state index contributed by atoms with van der Waals surface area (Å²) in [4.78, 5) is 8.39. The first-order valence-electron chi connectivity index (χ1n) is 8.42. The lowest BCUT2D eigenvalue weighted by atomic mass is 10.0. The highest BCUT2D eigenvalue weighted by molar-refractivity contribution is 7.89. The fourth-order valence-corrected chi connectivity index (χ4v) is 3.72. The Morgan fingerprint density at radius 1 is 1.19 bits per heavy atom. The summed E-state index contributed by atoms with van der Waals surface area (Å²) >= 11 is -1.33. The van der Waals surface area contributed by atoms with E-state index >= 15 is 0 Å². The molecule has 3 heterocycles. The Bertz CT molecular complexity index is 1020. The van der Waals surface area contributed by atoms with Crippen LogP contribution >= 0.6 is 0 Å². The molecule has 0 aliphatic rings. The third kappa shape index (κ3) is 3.86. The average Bonchev–Trinajstić information content (AvgIpc) is 3.35. The van der Waals surface area contributed by atoms with Crippen molar-refractivity contribution in [2.75, 3.05) is 13.2 Å². The summed E-state index contributed by atoms with van der Waals surface area (Å²) in [7, 11) is 0. The quantitative estimate of drug-likeness (QED) is 0.417. The van der Waals surface area contributed by atoms with Crippen LogP contribution in [-0.4, -0.2) is 47.8 Å². The number of nitrogens with zero attached hydrogens (tertiary/aromatic N) is 4. The van der Waals surface area contributed by atoms with Crippen molar-refractivity contribution in [3.63, 3.8) is 0 Å². The van der Waals surface area contributed by atoms with Crippen LogP contribution in [0.15, 0.2) is 59.9 Å². The summed E-state index contributed by atoms with van der Waals surface area (Å²) in [5, 5.41) is 17.6. The van der Waals surface area contributed by atoms with Gasteiger partial charge in [0.15, 0.2) is 4.90 Å². The van der Waals surface area contributed by atoms with E-state index in [1.807, 2.05) is 36.5 Å². The van der Waals surface area contributed by atoms with E-state index in [0.717, 1.165) is 27.9 Å². The molecular formula is C18H18N6O2S. The van der Waals surface area contributed by atoms with E-state index in [1.54, 1.807) is 17.1 Å². The monoisotopic (exact) mass is 382 g/mol. The zero-order valence-electron chi connectivity index (χ0n) is 14.4. The molecule has 1 aromatic carbocycles. The van der Waals surface area contributed by atoms with E-state index in [1.165, 1.54) is 0 Å². The normalized spacial score (nSPS) is 12.5. The van der Waals surface area contributed by atoms with Gasteiger partial charge < -0.3 is 14.6 Å². The van der Waals surface area contributed by atoms with Crippen LogP contribution in [-0.2, 0) is 17.9 Å². The largest absolute Gasteiger partial charge is 0.593 e. The van der Waals surface area contributed by atoms with Crippen LogP contribution in [0.1, 0.15) is 5.69 Å². The number of nitrogens with one attached hydrogen (secondary N) is 2. The predicted molar refractivity (Wildman–Crippen MR) is 102 cm³/mol. The minimum atomic E-state index is -1.33. The van der Waals surface area contributed by atoms with Gasteiger partial charge in [-0.25, -0.2) is 9.67 Å². The van der Waals surface area contributed by atoms with Crippen LogP contribution in [0.25, 0.3) is 22.2 Å². The number of hydrogen-bond acceptors (Lipinski definition) is 6. The number of fused-ring (bicyclic) bond motifs is 1. The van der Waals surface area contributed by atoms with Gasteiger partial charge in [0.1, 0.15) is 5.65 Å². The number of aliphatic hydroxyl groups is 1. The topological polar surface area (TPSA) is 115 Å². The Balaban J connectivity index is 1.62. The second-order valence-electron chi connectivity index (χ2n) is 5.93. The standard InChI is InChI=1S/C18H18N6O2S/c25-10-8-21-27(26)15-3-1-13(2-4-15)16-5-6-19-18-17(16)11-14(22-18)12-24-9-7-20-23-24/h1-7,9,11,21,25H,8,10,12H2,(H,19,22)/t27-/m1/s1. The Kier molecular flexibility index (Phi) is 5.16. The number of H-pyrrole nitrogens is 1. The molecule has 0 aliphatic carbocycles. The lowest BCUT2D eigenvalue weighted by molar-refractivity contribution is 0.301. The molecule has 27 heavy (non-hydrogen) atoms. The van der Waals surface area contributed by atoms with Crippen LogP contribution in [0.5, 0.6) is 0 Å². The van der Waals surface area contributed by atoms with Crippen LogP contribution in [0.3, 0.4) is 0 Å². The molecule has 0 saturated carbocycles. The summed E-state index contributed by atoms with van der Waals surface area (Å²) in [5.41, 5.74) is 3.85. The maximum atomic E-state index is 12.1. The van der Waals surface area contributed by atoms with Crippen molar-refractivity contribution >= 4 is 22.4 Å². The first-order chi connectivity index (χ1) is 13.2. The molecule has 0 unspecified atom stereocenters. The molecule has 4 rings (SSSR count). The molecule has 0 fully saturated rings. The Labute approximate surface area is 158 Å². The van der Waals surface area contributed by atoms with E-state index in [2.05, 4.69) is 31.1 Å². The highest BCUT2D eigenvalue weighted by Crippen LogP contribution is 2.29. The molecule has 3 N–H and O–H groups in total. The molecule has 8 nitrogen and oxygen atoms in total. The summed E-state index contributed by atoms with van der Waals surface area (Å²) in [5.74, 6) is 0. The average molecular weight is 382 g/mol. The first-order valence-corrected chi connectivity index (χ1v) is 9.57.